The molecule has 0 radical (unpaired) electrons. The smallest absolute Gasteiger partial charge is 0.340 e. The number of carbonyl (C=O) groups is 2. The molecule has 1 aromatic rings. The van der Waals surface area contributed by atoms with Gasteiger partial charge in [0.1, 0.15) is 4.90 Å². The third kappa shape index (κ3) is 5.13. The molecule has 148 valence electrons. The lowest BCUT2D eigenvalue weighted by atomic mass is 10.1. The van der Waals surface area contributed by atoms with Crippen LogP contribution in [0.25, 0.3) is 0 Å². The lowest BCUT2D eigenvalue weighted by molar-refractivity contribution is -0.135. The number of nitrogens with one attached hydrogen (secondary N) is 1. The summed E-state index contributed by atoms with van der Waals surface area (Å²) in [6, 6.07) is 2.16. The number of hydrogen-bond acceptors (Lipinski definition) is 5. The highest BCUT2D eigenvalue weighted by molar-refractivity contribution is 7.89. The van der Waals surface area contributed by atoms with Crippen LogP contribution in [-0.4, -0.2) is 50.9 Å². The summed E-state index contributed by atoms with van der Waals surface area (Å²) in [7, 11) is -3.87. The van der Waals surface area contributed by atoms with Crippen LogP contribution in [0.15, 0.2) is 17.0 Å². The maximum Gasteiger partial charge on any atom is 0.340 e. The zero-order valence-electron chi connectivity index (χ0n) is 14.5. The first-order chi connectivity index (χ1) is 12.8. The number of halogens is 2. The summed E-state index contributed by atoms with van der Waals surface area (Å²) in [6.45, 7) is 0.876. The summed E-state index contributed by atoms with van der Waals surface area (Å²) in [4.78, 5) is 25.9. The molecule has 0 aromatic heterocycles. The number of piperidine rings is 1. The molecule has 1 saturated carbocycles. The molecule has 10 heteroatoms. The Balaban J connectivity index is 1.72. The van der Waals surface area contributed by atoms with Crippen LogP contribution in [-0.2, 0) is 19.6 Å². The Labute approximate surface area is 168 Å². The number of benzene rings is 1. The fraction of sp³-hybridized carbons (Fsp3) is 0.529. The van der Waals surface area contributed by atoms with Gasteiger partial charge in [-0.25, -0.2) is 17.9 Å². The molecule has 1 aliphatic carbocycles. The fourth-order valence-corrected chi connectivity index (χ4v) is 4.97. The van der Waals surface area contributed by atoms with Crippen LogP contribution in [0.4, 0.5) is 0 Å². The highest BCUT2D eigenvalue weighted by Crippen LogP contribution is 2.31. The molecule has 0 unspecified atom stereocenters. The second kappa shape index (κ2) is 8.34. The number of ether oxygens (including phenoxy) is 1. The first kappa shape index (κ1) is 20.4. The van der Waals surface area contributed by atoms with E-state index >= 15 is 0 Å². The minimum atomic E-state index is -3.87. The SMILES string of the molecule is O=C(OCC(=O)N1CCCCC1)c1cc(S(=O)(=O)NC2CC2)c(Cl)cc1Cl. The van der Waals surface area contributed by atoms with Gasteiger partial charge < -0.3 is 9.64 Å². The molecule has 27 heavy (non-hydrogen) atoms. The standard InChI is InChI=1S/C17H20Cl2N2O5S/c18-13-9-14(19)15(27(24,25)20-11-4-5-11)8-12(13)17(23)26-10-16(22)21-6-2-1-3-7-21/h8-9,11,20H,1-7,10H2. The van der Waals surface area contributed by atoms with Crippen molar-refractivity contribution in [2.75, 3.05) is 19.7 Å². The van der Waals surface area contributed by atoms with E-state index in [-0.39, 0.29) is 32.5 Å². The van der Waals surface area contributed by atoms with Gasteiger partial charge in [-0.1, -0.05) is 23.2 Å². The van der Waals surface area contributed by atoms with Crippen molar-refractivity contribution >= 4 is 45.1 Å². The van der Waals surface area contributed by atoms with Crippen molar-refractivity contribution in [1.29, 1.82) is 0 Å². The molecule has 0 bridgehead atoms. The van der Waals surface area contributed by atoms with Gasteiger partial charge in [-0.15, -0.1) is 0 Å². The summed E-state index contributed by atoms with van der Waals surface area (Å²) in [5.74, 6) is -1.15. The van der Waals surface area contributed by atoms with E-state index in [1.165, 1.54) is 6.07 Å². The minimum Gasteiger partial charge on any atom is -0.452 e. The average Bonchev–Trinajstić information content (AvgIpc) is 3.43. The monoisotopic (exact) mass is 434 g/mol. The molecule has 1 amide bonds. The number of rotatable bonds is 6. The summed E-state index contributed by atoms with van der Waals surface area (Å²) >= 11 is 12.0. The third-order valence-electron chi connectivity index (χ3n) is 4.47. The first-order valence-electron chi connectivity index (χ1n) is 8.74. The van der Waals surface area contributed by atoms with E-state index in [0.29, 0.717) is 13.1 Å². The van der Waals surface area contributed by atoms with E-state index in [4.69, 9.17) is 27.9 Å². The van der Waals surface area contributed by atoms with Gasteiger partial charge in [0.15, 0.2) is 6.61 Å². The number of esters is 1. The Morgan fingerprint density at radius 2 is 1.78 bits per heavy atom. The zero-order chi connectivity index (χ0) is 19.6. The largest absolute Gasteiger partial charge is 0.452 e. The quantitative estimate of drug-likeness (QED) is 0.694. The van der Waals surface area contributed by atoms with Crippen molar-refractivity contribution in [1.82, 2.24) is 9.62 Å². The van der Waals surface area contributed by atoms with Gasteiger partial charge in [-0.2, -0.15) is 0 Å². The maximum absolute atomic E-state index is 12.4. The zero-order valence-corrected chi connectivity index (χ0v) is 16.9. The summed E-state index contributed by atoms with van der Waals surface area (Å²) in [6.07, 6.45) is 4.46. The van der Waals surface area contributed by atoms with Gasteiger partial charge in [0, 0.05) is 19.1 Å². The Hall–Kier alpha value is -1.35. The Morgan fingerprint density at radius 1 is 1.11 bits per heavy atom. The number of likely N-dealkylation sites (tertiary alicyclic amines) is 1. The number of sulfonamides is 1. The van der Waals surface area contributed by atoms with Crippen LogP contribution in [0, 0.1) is 0 Å². The highest BCUT2D eigenvalue weighted by Gasteiger charge is 2.30. The van der Waals surface area contributed by atoms with Gasteiger partial charge in [0.05, 0.1) is 15.6 Å². The van der Waals surface area contributed by atoms with E-state index in [2.05, 4.69) is 4.72 Å². The molecule has 7 nitrogen and oxygen atoms in total. The number of carbonyl (C=O) groups excluding carboxylic acids is 2. The van der Waals surface area contributed by atoms with Crippen molar-refractivity contribution in [3.05, 3.63) is 27.7 Å². The van der Waals surface area contributed by atoms with Crippen LogP contribution in [0.1, 0.15) is 42.5 Å². The average molecular weight is 435 g/mol. The number of hydrogen-bond donors (Lipinski definition) is 1. The van der Waals surface area contributed by atoms with Crippen molar-refractivity contribution in [3.63, 3.8) is 0 Å². The molecule has 1 aliphatic heterocycles. The summed E-state index contributed by atoms with van der Waals surface area (Å²) in [5.41, 5.74) is -0.149. The van der Waals surface area contributed by atoms with E-state index < -0.39 is 22.6 Å². The molecule has 3 rings (SSSR count). The van der Waals surface area contributed by atoms with E-state index in [9.17, 15) is 18.0 Å². The van der Waals surface area contributed by atoms with E-state index in [1.807, 2.05) is 0 Å². The topological polar surface area (TPSA) is 92.8 Å². The number of nitrogens with zero attached hydrogens (tertiary/aromatic N) is 1. The van der Waals surface area contributed by atoms with Gasteiger partial charge in [-0.05, 0) is 44.2 Å². The minimum absolute atomic E-state index is 0.0409. The number of amides is 1. The van der Waals surface area contributed by atoms with Crippen molar-refractivity contribution in [3.8, 4) is 0 Å². The van der Waals surface area contributed by atoms with E-state index in [0.717, 1.165) is 38.2 Å². The van der Waals surface area contributed by atoms with E-state index in [1.54, 1.807) is 4.90 Å². The highest BCUT2D eigenvalue weighted by atomic mass is 35.5. The van der Waals surface area contributed by atoms with Crippen molar-refractivity contribution < 1.29 is 22.7 Å². The molecular formula is C17H20Cl2N2O5S. The molecule has 2 fully saturated rings. The van der Waals surface area contributed by atoms with Crippen LogP contribution in [0.2, 0.25) is 10.0 Å². The molecule has 0 atom stereocenters. The Morgan fingerprint density at radius 3 is 2.41 bits per heavy atom. The first-order valence-corrected chi connectivity index (χ1v) is 11.0. The van der Waals surface area contributed by atoms with Gasteiger partial charge in [0.25, 0.3) is 5.91 Å². The van der Waals surface area contributed by atoms with Gasteiger partial charge in [-0.3, -0.25) is 4.79 Å². The second-order valence-electron chi connectivity index (χ2n) is 6.68. The molecule has 1 heterocycles. The van der Waals surface area contributed by atoms with Crippen LogP contribution in [0.3, 0.4) is 0 Å². The summed E-state index contributed by atoms with van der Waals surface area (Å²) in [5, 5.41) is -0.130. The fourth-order valence-electron chi connectivity index (χ4n) is 2.82. The van der Waals surface area contributed by atoms with Crippen LogP contribution < -0.4 is 4.72 Å². The Kier molecular flexibility index (Phi) is 6.30. The predicted molar refractivity (Wildman–Crippen MR) is 101 cm³/mol. The second-order valence-corrected chi connectivity index (χ2v) is 9.17. The molecule has 2 aliphatic rings. The molecule has 0 spiro atoms. The molecule has 1 aromatic carbocycles. The summed E-state index contributed by atoms with van der Waals surface area (Å²) < 4.78 is 32.4. The molecular weight excluding hydrogens is 415 g/mol. The van der Waals surface area contributed by atoms with Crippen molar-refractivity contribution in [2.24, 2.45) is 0 Å². The maximum atomic E-state index is 12.4. The molecule has 1 saturated heterocycles. The lowest BCUT2D eigenvalue weighted by Gasteiger charge is -2.26. The predicted octanol–water partition coefficient (Wildman–Crippen LogP) is 2.60. The Bertz CT molecular complexity index is 849. The van der Waals surface area contributed by atoms with Crippen LogP contribution >= 0.6 is 23.2 Å². The van der Waals surface area contributed by atoms with Crippen LogP contribution in [0.5, 0.6) is 0 Å². The molecule has 1 N–H and O–H groups in total. The van der Waals surface area contributed by atoms with Gasteiger partial charge in [0.2, 0.25) is 10.0 Å². The van der Waals surface area contributed by atoms with Gasteiger partial charge >= 0.3 is 5.97 Å². The lowest BCUT2D eigenvalue weighted by Crippen LogP contribution is -2.38. The third-order valence-corrected chi connectivity index (χ3v) is 6.76. The van der Waals surface area contributed by atoms with Crippen molar-refractivity contribution in [2.45, 2.75) is 43.0 Å². The normalized spacial score (nSPS) is 17.6.